The molecule has 0 saturated heterocycles. The number of carbonyl (C=O) groups excluding carboxylic acids is 1. The number of benzene rings is 1. The highest BCUT2D eigenvalue weighted by Gasteiger charge is 1.99. The molecule has 1 rings (SSSR count). The molecule has 2 nitrogen and oxygen atoms in total. The van der Waals surface area contributed by atoms with Gasteiger partial charge in [-0.1, -0.05) is 18.2 Å². The van der Waals surface area contributed by atoms with Crippen LogP contribution in [0.1, 0.15) is 22.3 Å². The summed E-state index contributed by atoms with van der Waals surface area (Å²) in [6.45, 7) is 0. The quantitative estimate of drug-likeness (QED) is 0.685. The van der Waals surface area contributed by atoms with E-state index in [4.69, 9.17) is 5.26 Å². The molecule has 14 heavy (non-hydrogen) atoms. The standard InChI is InChI=1S/C11H8FNO/c12-11-5-4-9(3-1-2-6-13)10(7-11)8-14/h1,3-5,7-8H,2H2. The van der Waals surface area contributed by atoms with Crippen molar-refractivity contribution >= 4 is 12.4 Å². The minimum absolute atomic E-state index is 0.273. The zero-order valence-corrected chi connectivity index (χ0v) is 7.40. The van der Waals surface area contributed by atoms with E-state index in [0.29, 0.717) is 17.4 Å². The maximum absolute atomic E-state index is 12.7. The molecule has 70 valence electrons. The molecule has 0 amide bonds. The molecule has 0 unspecified atom stereocenters. The fourth-order valence-electron chi connectivity index (χ4n) is 1.04. The minimum Gasteiger partial charge on any atom is -0.298 e. The average Bonchev–Trinajstić information content (AvgIpc) is 2.20. The zero-order valence-electron chi connectivity index (χ0n) is 7.40. The van der Waals surface area contributed by atoms with Crippen LogP contribution in [-0.2, 0) is 0 Å². The number of allylic oxidation sites excluding steroid dienone is 1. The van der Waals surface area contributed by atoms with Crippen LogP contribution in [0.3, 0.4) is 0 Å². The van der Waals surface area contributed by atoms with Crippen molar-refractivity contribution in [2.45, 2.75) is 6.42 Å². The first kappa shape index (κ1) is 10.1. The summed E-state index contributed by atoms with van der Waals surface area (Å²) in [7, 11) is 0. The van der Waals surface area contributed by atoms with E-state index in [9.17, 15) is 9.18 Å². The number of hydrogen-bond acceptors (Lipinski definition) is 2. The average molecular weight is 189 g/mol. The van der Waals surface area contributed by atoms with Crippen molar-refractivity contribution < 1.29 is 9.18 Å². The third-order valence-electron chi connectivity index (χ3n) is 1.68. The second-order valence-electron chi connectivity index (χ2n) is 2.66. The molecule has 0 fully saturated rings. The molecule has 0 spiro atoms. The number of nitriles is 1. The van der Waals surface area contributed by atoms with Crippen molar-refractivity contribution in [2.24, 2.45) is 0 Å². The molecular formula is C11H8FNO. The first-order chi connectivity index (χ1) is 6.77. The monoisotopic (exact) mass is 189 g/mol. The van der Waals surface area contributed by atoms with Crippen molar-refractivity contribution in [2.75, 3.05) is 0 Å². The molecule has 1 aromatic carbocycles. The van der Waals surface area contributed by atoms with E-state index >= 15 is 0 Å². The van der Waals surface area contributed by atoms with Crippen LogP contribution in [0.25, 0.3) is 6.08 Å². The molecule has 0 aliphatic rings. The summed E-state index contributed by atoms with van der Waals surface area (Å²) in [5.74, 6) is -0.440. The van der Waals surface area contributed by atoms with Gasteiger partial charge >= 0.3 is 0 Å². The number of aldehydes is 1. The molecule has 3 heteroatoms. The predicted molar refractivity (Wildman–Crippen MR) is 51.1 cm³/mol. The number of rotatable bonds is 3. The Morgan fingerprint density at radius 2 is 2.21 bits per heavy atom. The predicted octanol–water partition coefficient (Wildman–Crippen LogP) is 2.57. The molecule has 0 aromatic heterocycles. The number of nitrogens with zero attached hydrogens (tertiary/aromatic N) is 1. The summed E-state index contributed by atoms with van der Waals surface area (Å²) in [6.07, 6.45) is 4.12. The van der Waals surface area contributed by atoms with Crippen LogP contribution in [0.4, 0.5) is 4.39 Å². The van der Waals surface area contributed by atoms with Gasteiger partial charge in [0.05, 0.1) is 12.5 Å². The zero-order chi connectivity index (χ0) is 10.4. The van der Waals surface area contributed by atoms with Crippen LogP contribution in [-0.4, -0.2) is 6.29 Å². The normalized spacial score (nSPS) is 10.0. The third-order valence-corrected chi connectivity index (χ3v) is 1.68. The maximum Gasteiger partial charge on any atom is 0.150 e. The maximum atomic E-state index is 12.7. The van der Waals surface area contributed by atoms with Gasteiger partial charge in [-0.15, -0.1) is 0 Å². The Morgan fingerprint density at radius 3 is 2.86 bits per heavy atom. The lowest BCUT2D eigenvalue weighted by atomic mass is 10.1. The Hall–Kier alpha value is -1.95. The number of hydrogen-bond donors (Lipinski definition) is 0. The van der Waals surface area contributed by atoms with Gasteiger partial charge in [0.2, 0.25) is 0 Å². The van der Waals surface area contributed by atoms with Gasteiger partial charge in [-0.2, -0.15) is 5.26 Å². The summed E-state index contributed by atoms with van der Waals surface area (Å²) in [5, 5.41) is 8.28. The van der Waals surface area contributed by atoms with E-state index in [1.165, 1.54) is 18.2 Å². The summed E-state index contributed by atoms with van der Waals surface area (Å²) < 4.78 is 12.7. The van der Waals surface area contributed by atoms with Crippen LogP contribution in [0.2, 0.25) is 0 Å². The lowest BCUT2D eigenvalue weighted by molar-refractivity contribution is 0.112. The van der Waals surface area contributed by atoms with Crippen molar-refractivity contribution in [3.05, 3.63) is 41.2 Å². The first-order valence-corrected chi connectivity index (χ1v) is 4.06. The van der Waals surface area contributed by atoms with Gasteiger partial charge in [-0.25, -0.2) is 4.39 Å². The second-order valence-corrected chi connectivity index (χ2v) is 2.66. The second kappa shape index (κ2) is 4.93. The van der Waals surface area contributed by atoms with Gasteiger partial charge in [0.25, 0.3) is 0 Å². The highest BCUT2D eigenvalue weighted by atomic mass is 19.1. The van der Waals surface area contributed by atoms with Gasteiger partial charge in [-0.05, 0) is 17.7 Å². The van der Waals surface area contributed by atoms with E-state index in [2.05, 4.69) is 0 Å². The number of halogens is 1. The molecule has 0 aliphatic heterocycles. The fourth-order valence-corrected chi connectivity index (χ4v) is 1.04. The first-order valence-electron chi connectivity index (χ1n) is 4.06. The molecule has 0 heterocycles. The van der Waals surface area contributed by atoms with Crippen molar-refractivity contribution in [3.63, 3.8) is 0 Å². The number of carbonyl (C=O) groups is 1. The van der Waals surface area contributed by atoms with Gasteiger partial charge < -0.3 is 0 Å². The Bertz CT molecular complexity index is 404. The van der Waals surface area contributed by atoms with Crippen LogP contribution in [0.15, 0.2) is 24.3 Å². The summed E-state index contributed by atoms with van der Waals surface area (Å²) in [5.41, 5.74) is 0.913. The van der Waals surface area contributed by atoms with E-state index in [1.807, 2.05) is 6.07 Å². The molecule has 0 atom stereocenters. The Balaban J connectivity index is 2.97. The van der Waals surface area contributed by atoms with Crippen LogP contribution < -0.4 is 0 Å². The van der Waals surface area contributed by atoms with Crippen molar-refractivity contribution in [3.8, 4) is 6.07 Å². The van der Waals surface area contributed by atoms with Gasteiger partial charge in [0.15, 0.2) is 6.29 Å². The van der Waals surface area contributed by atoms with Crippen LogP contribution in [0, 0.1) is 17.1 Å². The lowest BCUT2D eigenvalue weighted by Crippen LogP contribution is -1.87. The highest BCUT2D eigenvalue weighted by molar-refractivity contribution is 5.81. The van der Waals surface area contributed by atoms with Gasteiger partial charge in [0, 0.05) is 5.56 Å². The van der Waals surface area contributed by atoms with Crippen LogP contribution >= 0.6 is 0 Å². The largest absolute Gasteiger partial charge is 0.298 e. The lowest BCUT2D eigenvalue weighted by Gasteiger charge is -1.97. The Kier molecular flexibility index (Phi) is 3.57. The SMILES string of the molecule is N#CCC=Cc1ccc(F)cc1C=O. The Labute approximate surface area is 81.3 Å². The van der Waals surface area contributed by atoms with E-state index in [0.717, 1.165) is 0 Å². The fraction of sp³-hybridized carbons (Fsp3) is 0.0909. The van der Waals surface area contributed by atoms with Crippen LogP contribution in [0.5, 0.6) is 0 Å². The van der Waals surface area contributed by atoms with Gasteiger partial charge in [-0.3, -0.25) is 4.79 Å². The summed E-state index contributed by atoms with van der Waals surface area (Å²) >= 11 is 0. The Morgan fingerprint density at radius 1 is 1.43 bits per heavy atom. The smallest absolute Gasteiger partial charge is 0.150 e. The molecule has 1 aromatic rings. The van der Waals surface area contributed by atoms with Gasteiger partial charge in [0.1, 0.15) is 5.82 Å². The van der Waals surface area contributed by atoms with E-state index < -0.39 is 5.82 Å². The molecule has 0 bridgehead atoms. The topological polar surface area (TPSA) is 40.9 Å². The van der Waals surface area contributed by atoms with E-state index in [1.54, 1.807) is 12.2 Å². The van der Waals surface area contributed by atoms with Crippen molar-refractivity contribution in [1.82, 2.24) is 0 Å². The molecule has 0 aliphatic carbocycles. The van der Waals surface area contributed by atoms with E-state index in [-0.39, 0.29) is 6.42 Å². The minimum atomic E-state index is -0.440. The summed E-state index contributed by atoms with van der Waals surface area (Å²) in [4.78, 5) is 10.5. The molecule has 0 saturated carbocycles. The highest BCUT2D eigenvalue weighted by Crippen LogP contribution is 2.11. The summed E-state index contributed by atoms with van der Waals surface area (Å²) in [6, 6.07) is 5.89. The van der Waals surface area contributed by atoms with Crippen molar-refractivity contribution in [1.29, 1.82) is 5.26 Å². The molecular weight excluding hydrogens is 181 g/mol. The molecule has 0 radical (unpaired) electrons. The third kappa shape index (κ3) is 2.53. The molecule has 0 N–H and O–H groups in total.